The largest absolute Gasteiger partial charge is 0.299 e. The molecular weight excluding hydrogens is 162 g/mol. The second-order valence-corrected chi connectivity index (χ2v) is 4.06. The fourth-order valence-electron chi connectivity index (χ4n) is 2.04. The van der Waals surface area contributed by atoms with Crippen molar-refractivity contribution in [3.05, 3.63) is 11.4 Å². The van der Waals surface area contributed by atoms with Crippen LogP contribution in [0.4, 0.5) is 0 Å². The van der Waals surface area contributed by atoms with Crippen LogP contribution < -0.4 is 0 Å². The molecule has 0 amide bonds. The SMILES string of the molecule is [C-]#[N+]CN1CCN(C(C)C)[C@H](C)C1. The van der Waals surface area contributed by atoms with Gasteiger partial charge in [-0.3, -0.25) is 9.74 Å². The minimum Gasteiger partial charge on any atom is -0.299 e. The highest BCUT2D eigenvalue weighted by atomic mass is 15.3. The molecule has 1 aliphatic heterocycles. The molecule has 3 nitrogen and oxygen atoms in total. The topological polar surface area (TPSA) is 10.8 Å². The van der Waals surface area contributed by atoms with E-state index in [1.54, 1.807) is 0 Å². The third kappa shape index (κ3) is 2.68. The van der Waals surface area contributed by atoms with E-state index in [2.05, 4.69) is 35.4 Å². The highest BCUT2D eigenvalue weighted by Crippen LogP contribution is 2.12. The molecule has 0 aromatic carbocycles. The van der Waals surface area contributed by atoms with Crippen LogP contribution in [0.3, 0.4) is 0 Å². The van der Waals surface area contributed by atoms with Crippen molar-refractivity contribution in [2.75, 3.05) is 26.3 Å². The van der Waals surface area contributed by atoms with E-state index in [1.807, 2.05) is 0 Å². The average molecular weight is 181 g/mol. The number of nitrogens with zero attached hydrogens (tertiary/aromatic N) is 3. The molecule has 0 aromatic heterocycles. The van der Waals surface area contributed by atoms with Crippen LogP contribution in [0.25, 0.3) is 4.85 Å². The van der Waals surface area contributed by atoms with Gasteiger partial charge in [-0.2, -0.15) is 0 Å². The number of hydrogen-bond acceptors (Lipinski definition) is 2. The van der Waals surface area contributed by atoms with Crippen molar-refractivity contribution in [1.29, 1.82) is 0 Å². The quantitative estimate of drug-likeness (QED) is 0.594. The predicted molar refractivity (Wildman–Crippen MR) is 54.3 cm³/mol. The molecule has 0 bridgehead atoms. The van der Waals surface area contributed by atoms with Crippen LogP contribution in [0.1, 0.15) is 20.8 Å². The third-order valence-corrected chi connectivity index (χ3v) is 2.70. The first-order valence-electron chi connectivity index (χ1n) is 4.96. The Bertz CT molecular complexity index is 195. The summed E-state index contributed by atoms with van der Waals surface area (Å²) in [5.41, 5.74) is 0. The highest BCUT2D eigenvalue weighted by molar-refractivity contribution is 4.82. The molecule has 1 fully saturated rings. The van der Waals surface area contributed by atoms with Crippen molar-refractivity contribution in [2.45, 2.75) is 32.9 Å². The fraction of sp³-hybridized carbons (Fsp3) is 0.900. The molecule has 1 rings (SSSR count). The average Bonchev–Trinajstić information content (AvgIpc) is 2.04. The van der Waals surface area contributed by atoms with Crippen LogP contribution in [0.2, 0.25) is 0 Å². The van der Waals surface area contributed by atoms with Crippen molar-refractivity contribution in [1.82, 2.24) is 9.80 Å². The summed E-state index contributed by atoms with van der Waals surface area (Å²) in [7, 11) is 0. The molecule has 0 aromatic rings. The zero-order valence-corrected chi connectivity index (χ0v) is 8.82. The molecule has 0 saturated carbocycles. The Kier molecular flexibility index (Phi) is 3.71. The summed E-state index contributed by atoms with van der Waals surface area (Å²) in [6.07, 6.45) is 0. The standard InChI is InChI=1S/C10H19N3/c1-9(2)13-6-5-12(8-11-4)7-10(13)3/h9-10H,5-8H2,1-3H3/t10-/m1/s1. The Hall–Kier alpha value is -0.590. The summed E-state index contributed by atoms with van der Waals surface area (Å²) in [6, 6.07) is 1.22. The van der Waals surface area contributed by atoms with E-state index >= 15 is 0 Å². The van der Waals surface area contributed by atoms with Gasteiger partial charge in [0, 0.05) is 31.7 Å². The molecule has 1 saturated heterocycles. The van der Waals surface area contributed by atoms with Crippen molar-refractivity contribution in [3.63, 3.8) is 0 Å². The molecule has 1 heterocycles. The number of piperazine rings is 1. The molecule has 0 unspecified atom stereocenters. The number of rotatable bonds is 2. The molecule has 0 N–H and O–H groups in total. The van der Waals surface area contributed by atoms with Gasteiger partial charge in [0.05, 0.1) is 0 Å². The Morgan fingerprint density at radius 2 is 2.15 bits per heavy atom. The van der Waals surface area contributed by atoms with Crippen molar-refractivity contribution < 1.29 is 0 Å². The maximum absolute atomic E-state index is 6.81. The van der Waals surface area contributed by atoms with Gasteiger partial charge in [0.2, 0.25) is 0 Å². The third-order valence-electron chi connectivity index (χ3n) is 2.70. The minimum absolute atomic E-state index is 0.566. The molecule has 0 spiro atoms. The minimum atomic E-state index is 0.566. The molecule has 74 valence electrons. The lowest BCUT2D eigenvalue weighted by Gasteiger charge is -2.40. The van der Waals surface area contributed by atoms with Gasteiger partial charge in [-0.15, -0.1) is 0 Å². The van der Waals surface area contributed by atoms with Gasteiger partial charge >= 0.3 is 0 Å². The molecule has 13 heavy (non-hydrogen) atoms. The first-order valence-corrected chi connectivity index (χ1v) is 4.96. The van der Waals surface area contributed by atoms with Crippen LogP contribution in [0, 0.1) is 6.57 Å². The summed E-state index contributed by atoms with van der Waals surface area (Å²) >= 11 is 0. The van der Waals surface area contributed by atoms with Gasteiger partial charge in [0.15, 0.2) is 0 Å². The Labute approximate surface area is 81.1 Å². The lowest BCUT2D eigenvalue weighted by atomic mass is 10.1. The molecule has 3 heteroatoms. The first-order chi connectivity index (χ1) is 6.15. The van der Waals surface area contributed by atoms with Crippen LogP contribution >= 0.6 is 0 Å². The maximum atomic E-state index is 6.81. The monoisotopic (exact) mass is 181 g/mol. The predicted octanol–water partition coefficient (Wildman–Crippen LogP) is 1.28. The smallest absolute Gasteiger partial charge is 0.270 e. The lowest BCUT2D eigenvalue weighted by Crippen LogP contribution is -2.53. The van der Waals surface area contributed by atoms with Gasteiger partial charge in [0.25, 0.3) is 6.67 Å². The summed E-state index contributed by atoms with van der Waals surface area (Å²) in [4.78, 5) is 8.15. The van der Waals surface area contributed by atoms with Crippen LogP contribution in [0.15, 0.2) is 0 Å². The summed E-state index contributed by atoms with van der Waals surface area (Å²) in [6.45, 7) is 17.3. The zero-order chi connectivity index (χ0) is 9.84. The van der Waals surface area contributed by atoms with Crippen LogP contribution in [-0.4, -0.2) is 48.2 Å². The second-order valence-electron chi connectivity index (χ2n) is 4.06. The first kappa shape index (κ1) is 10.5. The van der Waals surface area contributed by atoms with Gasteiger partial charge in [-0.1, -0.05) is 0 Å². The van der Waals surface area contributed by atoms with Crippen molar-refractivity contribution >= 4 is 0 Å². The fourth-order valence-corrected chi connectivity index (χ4v) is 2.04. The molecule has 0 radical (unpaired) electrons. The maximum Gasteiger partial charge on any atom is 0.270 e. The van der Waals surface area contributed by atoms with Crippen molar-refractivity contribution in [2.24, 2.45) is 0 Å². The van der Waals surface area contributed by atoms with Crippen LogP contribution in [0.5, 0.6) is 0 Å². The van der Waals surface area contributed by atoms with E-state index in [9.17, 15) is 0 Å². The summed E-state index contributed by atoms with van der Waals surface area (Å²) in [5, 5.41) is 0. The summed E-state index contributed by atoms with van der Waals surface area (Å²) < 4.78 is 0. The Balaban J connectivity index is 2.43. The van der Waals surface area contributed by atoms with Crippen molar-refractivity contribution in [3.8, 4) is 0 Å². The molecule has 1 atom stereocenters. The van der Waals surface area contributed by atoms with E-state index in [0.717, 1.165) is 19.6 Å². The van der Waals surface area contributed by atoms with E-state index in [4.69, 9.17) is 6.57 Å². The number of hydrogen-bond donors (Lipinski definition) is 0. The molecule has 0 aliphatic carbocycles. The Morgan fingerprint density at radius 1 is 1.46 bits per heavy atom. The second kappa shape index (κ2) is 4.59. The van der Waals surface area contributed by atoms with E-state index in [0.29, 0.717) is 18.8 Å². The molecular formula is C10H19N3. The van der Waals surface area contributed by atoms with E-state index < -0.39 is 0 Å². The van der Waals surface area contributed by atoms with Crippen LogP contribution in [-0.2, 0) is 0 Å². The van der Waals surface area contributed by atoms with Gasteiger partial charge < -0.3 is 0 Å². The van der Waals surface area contributed by atoms with E-state index in [-0.39, 0.29) is 0 Å². The highest BCUT2D eigenvalue weighted by Gasteiger charge is 2.25. The normalized spacial score (nSPS) is 26.2. The zero-order valence-electron chi connectivity index (χ0n) is 8.82. The van der Waals surface area contributed by atoms with Gasteiger partial charge in [0.1, 0.15) is 0 Å². The summed E-state index contributed by atoms with van der Waals surface area (Å²) in [5.74, 6) is 0. The van der Waals surface area contributed by atoms with E-state index in [1.165, 1.54) is 0 Å². The molecule has 1 aliphatic rings. The lowest BCUT2D eigenvalue weighted by molar-refractivity contribution is 0.0663. The van der Waals surface area contributed by atoms with Gasteiger partial charge in [-0.25, -0.2) is 11.5 Å². The van der Waals surface area contributed by atoms with Gasteiger partial charge in [-0.05, 0) is 20.8 Å². The Morgan fingerprint density at radius 3 is 2.62 bits per heavy atom.